The number of hydrogen-bond donors (Lipinski definition) is 1. The third kappa shape index (κ3) is 3.08. The van der Waals surface area contributed by atoms with Crippen LogP contribution in [0.2, 0.25) is 0 Å². The molecule has 0 spiro atoms. The van der Waals surface area contributed by atoms with Gasteiger partial charge in [-0.2, -0.15) is 0 Å². The van der Waals surface area contributed by atoms with Crippen LogP contribution < -0.4 is 9.80 Å². The maximum Gasteiger partial charge on any atom is 0.106 e. The van der Waals surface area contributed by atoms with Gasteiger partial charge >= 0.3 is 0 Å². The lowest BCUT2D eigenvalue weighted by Crippen LogP contribution is -2.98. The Hall–Kier alpha value is -1.80. The van der Waals surface area contributed by atoms with Gasteiger partial charge in [-0.05, 0) is 23.8 Å². The van der Waals surface area contributed by atoms with Gasteiger partial charge in [0.25, 0.3) is 0 Å². The molecule has 1 aliphatic rings. The molecule has 1 aromatic rings. The Kier molecular flexibility index (Phi) is 3.45. The minimum atomic E-state index is 1.23. The summed E-state index contributed by atoms with van der Waals surface area (Å²) in [5.74, 6) is 0. The summed E-state index contributed by atoms with van der Waals surface area (Å²) >= 11 is 0. The van der Waals surface area contributed by atoms with Gasteiger partial charge in [0, 0.05) is 31.4 Å². The molecule has 0 fully saturated rings. The molecular weight excluding hydrogens is 208 g/mol. The topological polar surface area (TPSA) is 7.68 Å². The Morgan fingerprint density at radius 2 is 1.76 bits per heavy atom. The summed E-state index contributed by atoms with van der Waals surface area (Å²) in [5, 5.41) is 0. The first kappa shape index (κ1) is 11.7. The predicted molar refractivity (Wildman–Crippen MR) is 73.9 cm³/mol. The zero-order chi connectivity index (χ0) is 12.3. The fraction of sp³-hybridized carbons (Fsp3) is 0.200. The largest absolute Gasteiger partial charge is 0.378 e. The van der Waals surface area contributed by atoms with Gasteiger partial charge in [0.2, 0.25) is 0 Å². The molecular formula is C15H19N2+. The number of hydrogen-bond acceptors (Lipinski definition) is 1. The van der Waals surface area contributed by atoms with Gasteiger partial charge < -0.3 is 4.90 Å². The maximum absolute atomic E-state index is 2.19. The molecule has 0 bridgehead atoms. The van der Waals surface area contributed by atoms with Crippen molar-refractivity contribution in [1.82, 2.24) is 0 Å². The van der Waals surface area contributed by atoms with Crippen molar-refractivity contribution in [3.05, 3.63) is 60.0 Å². The zero-order valence-electron chi connectivity index (χ0n) is 10.6. The van der Waals surface area contributed by atoms with Gasteiger partial charge in [0.05, 0.1) is 13.2 Å². The normalized spacial score (nSPS) is 18.8. The molecule has 0 aromatic heterocycles. The summed E-state index contributed by atoms with van der Waals surface area (Å²) in [6.45, 7) is 0. The Balaban J connectivity index is 2.07. The molecule has 2 rings (SSSR count). The fourth-order valence-electron chi connectivity index (χ4n) is 1.77. The van der Waals surface area contributed by atoms with E-state index in [1.807, 2.05) is 0 Å². The van der Waals surface area contributed by atoms with E-state index in [-0.39, 0.29) is 0 Å². The highest BCUT2D eigenvalue weighted by Crippen LogP contribution is 2.14. The number of nitrogens with one attached hydrogen (secondary N) is 1. The van der Waals surface area contributed by atoms with Crippen molar-refractivity contribution >= 4 is 11.8 Å². The van der Waals surface area contributed by atoms with Crippen LogP contribution in [-0.4, -0.2) is 21.1 Å². The summed E-state index contributed by atoms with van der Waals surface area (Å²) in [7, 11) is 6.22. The lowest BCUT2D eigenvalue weighted by molar-refractivity contribution is -0.763. The smallest absolute Gasteiger partial charge is 0.106 e. The molecule has 88 valence electrons. The van der Waals surface area contributed by atoms with Gasteiger partial charge in [0.1, 0.15) is 6.20 Å². The lowest BCUT2D eigenvalue weighted by Gasteiger charge is -2.11. The number of allylic oxidation sites excluding steroid dienone is 3. The minimum absolute atomic E-state index is 1.23. The van der Waals surface area contributed by atoms with E-state index < -0.39 is 0 Å². The van der Waals surface area contributed by atoms with Crippen molar-refractivity contribution in [3.63, 3.8) is 0 Å². The highest BCUT2D eigenvalue weighted by atomic mass is 15.1. The van der Waals surface area contributed by atoms with Crippen LogP contribution in [0.4, 0.5) is 5.69 Å². The van der Waals surface area contributed by atoms with Gasteiger partial charge in [-0.3, -0.25) is 4.90 Å². The van der Waals surface area contributed by atoms with Crippen molar-refractivity contribution in [2.45, 2.75) is 0 Å². The summed E-state index contributed by atoms with van der Waals surface area (Å²) in [6, 6.07) is 8.55. The van der Waals surface area contributed by atoms with E-state index in [1.54, 1.807) is 0 Å². The van der Waals surface area contributed by atoms with Crippen molar-refractivity contribution in [2.75, 3.05) is 26.0 Å². The predicted octanol–water partition coefficient (Wildman–Crippen LogP) is 1.69. The molecule has 1 aromatic carbocycles. The quantitative estimate of drug-likeness (QED) is 0.825. The van der Waals surface area contributed by atoms with E-state index in [2.05, 4.69) is 80.9 Å². The van der Waals surface area contributed by atoms with Crippen LogP contribution >= 0.6 is 0 Å². The van der Waals surface area contributed by atoms with E-state index in [1.165, 1.54) is 21.7 Å². The molecule has 0 saturated heterocycles. The SMILES string of the molecule is CN(C)c1ccc(/C=C/C2=C[NH+](C)C=C2)cc1. The van der Waals surface area contributed by atoms with Gasteiger partial charge in [-0.25, -0.2) is 0 Å². The zero-order valence-corrected chi connectivity index (χ0v) is 10.6. The summed E-state index contributed by atoms with van der Waals surface area (Å²) < 4.78 is 0. The maximum atomic E-state index is 2.19. The van der Waals surface area contributed by atoms with Crippen LogP contribution in [0.5, 0.6) is 0 Å². The van der Waals surface area contributed by atoms with Gasteiger partial charge in [-0.15, -0.1) is 0 Å². The second-order valence-electron chi connectivity index (χ2n) is 4.54. The first-order valence-electron chi connectivity index (χ1n) is 5.84. The van der Waals surface area contributed by atoms with Crippen molar-refractivity contribution < 1.29 is 4.90 Å². The monoisotopic (exact) mass is 227 g/mol. The third-order valence-corrected chi connectivity index (χ3v) is 2.81. The molecule has 1 atom stereocenters. The van der Waals surface area contributed by atoms with Crippen LogP contribution in [0.15, 0.2) is 54.4 Å². The van der Waals surface area contributed by atoms with Crippen LogP contribution in [-0.2, 0) is 0 Å². The van der Waals surface area contributed by atoms with E-state index in [9.17, 15) is 0 Å². The van der Waals surface area contributed by atoms with Crippen LogP contribution in [0.1, 0.15) is 5.56 Å². The molecule has 2 nitrogen and oxygen atoms in total. The molecule has 0 aliphatic carbocycles. The van der Waals surface area contributed by atoms with E-state index in [0.717, 1.165) is 0 Å². The summed E-state index contributed by atoms with van der Waals surface area (Å²) in [4.78, 5) is 3.42. The molecule has 0 radical (unpaired) electrons. The van der Waals surface area contributed by atoms with Crippen LogP contribution in [0, 0.1) is 0 Å². The Morgan fingerprint density at radius 1 is 1.06 bits per heavy atom. The highest BCUT2D eigenvalue weighted by Gasteiger charge is 2.02. The average Bonchev–Trinajstić information content (AvgIpc) is 2.73. The molecule has 1 heterocycles. The first-order valence-corrected chi connectivity index (χ1v) is 5.84. The molecule has 0 amide bonds. The number of benzene rings is 1. The molecule has 0 saturated carbocycles. The van der Waals surface area contributed by atoms with Crippen molar-refractivity contribution in [1.29, 1.82) is 0 Å². The fourth-order valence-corrected chi connectivity index (χ4v) is 1.77. The molecule has 1 unspecified atom stereocenters. The lowest BCUT2D eigenvalue weighted by atomic mass is 10.1. The van der Waals surface area contributed by atoms with E-state index in [4.69, 9.17) is 0 Å². The second-order valence-corrected chi connectivity index (χ2v) is 4.54. The summed E-state index contributed by atoms with van der Waals surface area (Å²) in [5.41, 5.74) is 3.72. The standard InChI is InChI=1S/C15H18N2/c1-16(2)15-8-6-13(7-9-15)4-5-14-10-11-17(3)12-14/h4-12H,1-3H3/p+1/b5-4+. The van der Waals surface area contributed by atoms with Crippen LogP contribution in [0.3, 0.4) is 0 Å². The first-order chi connectivity index (χ1) is 8.15. The number of nitrogens with zero attached hydrogens (tertiary/aromatic N) is 1. The van der Waals surface area contributed by atoms with Gasteiger partial charge in [0.15, 0.2) is 0 Å². The second kappa shape index (κ2) is 5.02. The van der Waals surface area contributed by atoms with Crippen LogP contribution in [0.25, 0.3) is 6.08 Å². The number of quaternary nitrogens is 1. The summed E-state index contributed by atoms with van der Waals surface area (Å²) in [6.07, 6.45) is 10.8. The molecule has 2 heteroatoms. The van der Waals surface area contributed by atoms with Gasteiger partial charge in [-0.1, -0.05) is 18.2 Å². The Bertz CT molecular complexity index is 464. The molecule has 1 aliphatic heterocycles. The van der Waals surface area contributed by atoms with Crippen molar-refractivity contribution in [2.24, 2.45) is 0 Å². The molecule has 1 N–H and O–H groups in total. The number of anilines is 1. The molecule has 17 heavy (non-hydrogen) atoms. The third-order valence-electron chi connectivity index (χ3n) is 2.81. The highest BCUT2D eigenvalue weighted by molar-refractivity contribution is 5.58. The minimum Gasteiger partial charge on any atom is -0.378 e. The Morgan fingerprint density at radius 3 is 2.29 bits per heavy atom. The van der Waals surface area contributed by atoms with E-state index >= 15 is 0 Å². The number of rotatable bonds is 3. The van der Waals surface area contributed by atoms with Crippen molar-refractivity contribution in [3.8, 4) is 0 Å². The van der Waals surface area contributed by atoms with E-state index in [0.29, 0.717) is 0 Å². The average molecular weight is 227 g/mol. The Labute approximate surface area is 103 Å².